The minimum Gasteiger partial charge on any atom is -0.548 e. The van der Waals surface area contributed by atoms with Gasteiger partial charge in [0.05, 0.1) is 37.3 Å². The van der Waals surface area contributed by atoms with Gasteiger partial charge in [-0.2, -0.15) is 0 Å². The fourth-order valence-electron chi connectivity index (χ4n) is 3.62. The van der Waals surface area contributed by atoms with Crippen molar-refractivity contribution in [3.63, 3.8) is 0 Å². The molecule has 0 radical (unpaired) electrons. The molecule has 0 unspecified atom stereocenters. The molecule has 3 aromatic rings. The summed E-state index contributed by atoms with van der Waals surface area (Å²) in [7, 11) is 0. The van der Waals surface area contributed by atoms with Crippen molar-refractivity contribution in [2.75, 3.05) is 13.1 Å². The number of aryl methyl sites for hydroxylation is 2. The van der Waals surface area contributed by atoms with Gasteiger partial charge in [0, 0.05) is 21.9 Å². The molecule has 9 heteroatoms. The van der Waals surface area contributed by atoms with E-state index in [0.717, 1.165) is 10.9 Å². The van der Waals surface area contributed by atoms with Crippen LogP contribution in [0.3, 0.4) is 0 Å². The molecule has 2 aromatic heterocycles. The van der Waals surface area contributed by atoms with E-state index in [4.69, 9.17) is 8.83 Å². The van der Waals surface area contributed by atoms with Crippen LogP contribution in [0.5, 0.6) is 0 Å². The predicted molar refractivity (Wildman–Crippen MR) is 115 cm³/mol. The standard InChI is InChI=1S/C23H26N2O7/c1-11-13-6-15-16(23(3,4)5)10-31-20(15)12(2)21(13)32-22(30)14(11)7-17(26)24-8-18(27)25-9-19(28)29/h6,10H,7-9H2,1-5H3,(H,24,26)(H,25,27)(H,28,29)/p-1. The number of benzene rings is 1. The molecule has 0 atom stereocenters. The molecular weight excluding hydrogens is 416 g/mol. The molecule has 170 valence electrons. The van der Waals surface area contributed by atoms with E-state index in [-0.39, 0.29) is 17.4 Å². The molecule has 0 saturated heterocycles. The minimum atomic E-state index is -1.44. The van der Waals surface area contributed by atoms with Crippen LogP contribution in [0.1, 0.15) is 43.0 Å². The lowest BCUT2D eigenvalue weighted by molar-refractivity contribution is -0.304. The number of hydrogen-bond acceptors (Lipinski definition) is 7. The van der Waals surface area contributed by atoms with Crippen molar-refractivity contribution >= 4 is 39.7 Å². The number of amides is 2. The Morgan fingerprint density at radius 2 is 1.62 bits per heavy atom. The van der Waals surface area contributed by atoms with E-state index in [1.165, 1.54) is 0 Å². The molecule has 0 saturated carbocycles. The highest BCUT2D eigenvalue weighted by molar-refractivity contribution is 6.00. The van der Waals surface area contributed by atoms with Crippen molar-refractivity contribution in [2.45, 2.75) is 46.5 Å². The summed E-state index contributed by atoms with van der Waals surface area (Å²) >= 11 is 0. The van der Waals surface area contributed by atoms with Gasteiger partial charge in [-0.25, -0.2) is 4.79 Å². The van der Waals surface area contributed by atoms with Gasteiger partial charge < -0.3 is 29.4 Å². The van der Waals surface area contributed by atoms with Crippen molar-refractivity contribution in [3.8, 4) is 0 Å². The first-order chi connectivity index (χ1) is 14.9. The average molecular weight is 441 g/mol. The maximum atomic E-state index is 12.6. The van der Waals surface area contributed by atoms with Gasteiger partial charge in [0.2, 0.25) is 11.8 Å². The Morgan fingerprint density at radius 3 is 2.25 bits per heavy atom. The Morgan fingerprint density at radius 1 is 0.969 bits per heavy atom. The second-order valence-electron chi connectivity index (χ2n) is 8.75. The van der Waals surface area contributed by atoms with Crippen LogP contribution in [-0.2, 0) is 26.2 Å². The van der Waals surface area contributed by atoms with Gasteiger partial charge in [0.25, 0.3) is 0 Å². The van der Waals surface area contributed by atoms with Crippen LogP contribution >= 0.6 is 0 Å². The summed E-state index contributed by atoms with van der Waals surface area (Å²) in [5.74, 6) is -2.69. The van der Waals surface area contributed by atoms with Gasteiger partial charge in [0.1, 0.15) is 11.2 Å². The molecule has 32 heavy (non-hydrogen) atoms. The second-order valence-corrected chi connectivity index (χ2v) is 8.75. The molecule has 2 N–H and O–H groups in total. The fraction of sp³-hybridized carbons (Fsp3) is 0.391. The molecule has 0 aliphatic heterocycles. The minimum absolute atomic E-state index is 0.158. The molecule has 9 nitrogen and oxygen atoms in total. The van der Waals surface area contributed by atoms with Crippen molar-refractivity contribution in [2.24, 2.45) is 0 Å². The Bertz CT molecular complexity index is 1290. The molecular formula is C23H25N2O7-. The van der Waals surface area contributed by atoms with Crippen molar-refractivity contribution in [3.05, 3.63) is 45.0 Å². The van der Waals surface area contributed by atoms with E-state index in [0.29, 0.717) is 27.7 Å². The SMILES string of the molecule is Cc1c(CC(=O)NCC(=O)NCC(=O)[O-])c(=O)oc2c(C)c3occ(C(C)(C)C)c3cc12. The number of furan rings is 1. The normalized spacial score (nSPS) is 11.7. The molecule has 1 aromatic carbocycles. The Balaban J connectivity index is 1.94. The number of hydrogen-bond donors (Lipinski definition) is 2. The van der Waals surface area contributed by atoms with E-state index >= 15 is 0 Å². The van der Waals surface area contributed by atoms with Crippen molar-refractivity contribution in [1.29, 1.82) is 0 Å². The summed E-state index contributed by atoms with van der Waals surface area (Å²) < 4.78 is 11.3. The zero-order valence-corrected chi connectivity index (χ0v) is 18.6. The number of carbonyl (C=O) groups is 3. The van der Waals surface area contributed by atoms with Crippen molar-refractivity contribution < 1.29 is 28.3 Å². The Labute approximate surface area is 183 Å². The predicted octanol–water partition coefficient (Wildman–Crippen LogP) is 0.978. The number of rotatable bonds is 6. The second kappa shape index (κ2) is 8.49. The highest BCUT2D eigenvalue weighted by atomic mass is 16.4. The lowest BCUT2D eigenvalue weighted by Gasteiger charge is -2.17. The van der Waals surface area contributed by atoms with Gasteiger partial charge in [-0.1, -0.05) is 20.8 Å². The Kier molecular flexibility index (Phi) is 6.11. The first-order valence-corrected chi connectivity index (χ1v) is 10.1. The highest BCUT2D eigenvalue weighted by Crippen LogP contribution is 2.37. The van der Waals surface area contributed by atoms with Gasteiger partial charge >= 0.3 is 5.63 Å². The maximum Gasteiger partial charge on any atom is 0.340 e. The highest BCUT2D eigenvalue weighted by Gasteiger charge is 2.24. The monoisotopic (exact) mass is 441 g/mol. The summed E-state index contributed by atoms with van der Waals surface area (Å²) in [4.78, 5) is 46.9. The third kappa shape index (κ3) is 4.51. The van der Waals surface area contributed by atoms with Crippen molar-refractivity contribution in [1.82, 2.24) is 10.6 Å². The number of carboxylic acid groups (broad SMARTS) is 1. The summed E-state index contributed by atoms with van der Waals surface area (Å²) in [6.45, 7) is 8.72. The smallest absolute Gasteiger partial charge is 0.340 e. The van der Waals surface area contributed by atoms with Crippen LogP contribution in [0.25, 0.3) is 21.9 Å². The van der Waals surface area contributed by atoms with E-state index in [1.807, 2.05) is 13.0 Å². The van der Waals surface area contributed by atoms with Crippen LogP contribution in [-0.4, -0.2) is 30.9 Å². The van der Waals surface area contributed by atoms with Gasteiger partial charge in [0.15, 0.2) is 0 Å². The van der Waals surface area contributed by atoms with E-state index in [1.54, 1.807) is 13.2 Å². The van der Waals surface area contributed by atoms with Crippen LogP contribution < -0.4 is 21.4 Å². The van der Waals surface area contributed by atoms with Gasteiger partial charge in [-0.15, -0.1) is 0 Å². The van der Waals surface area contributed by atoms with Gasteiger partial charge in [-0.3, -0.25) is 9.59 Å². The van der Waals surface area contributed by atoms with Crippen LogP contribution in [0.15, 0.2) is 26.0 Å². The molecule has 0 spiro atoms. The maximum absolute atomic E-state index is 12.6. The zero-order chi connectivity index (χ0) is 23.8. The third-order valence-corrected chi connectivity index (χ3v) is 5.36. The number of carboxylic acids is 1. The fourth-order valence-corrected chi connectivity index (χ4v) is 3.62. The van der Waals surface area contributed by atoms with E-state index in [9.17, 15) is 24.3 Å². The molecule has 3 rings (SSSR count). The summed E-state index contributed by atoms with van der Waals surface area (Å²) in [5, 5.41) is 16.4. The van der Waals surface area contributed by atoms with Crippen LogP contribution in [0, 0.1) is 13.8 Å². The van der Waals surface area contributed by atoms with Crippen LogP contribution in [0.4, 0.5) is 0 Å². The molecule has 0 bridgehead atoms. The topological polar surface area (TPSA) is 142 Å². The summed E-state index contributed by atoms with van der Waals surface area (Å²) in [6.07, 6.45) is 1.43. The molecule has 0 aliphatic rings. The average Bonchev–Trinajstić information content (AvgIpc) is 3.14. The lowest BCUT2D eigenvalue weighted by Crippen LogP contribution is -2.43. The molecule has 2 heterocycles. The number of fused-ring (bicyclic) bond motifs is 2. The molecule has 2 amide bonds. The number of carbonyl (C=O) groups excluding carboxylic acids is 3. The first-order valence-electron chi connectivity index (χ1n) is 10.1. The zero-order valence-electron chi connectivity index (χ0n) is 18.6. The molecule has 0 aliphatic carbocycles. The van der Waals surface area contributed by atoms with E-state index < -0.39 is 36.5 Å². The van der Waals surface area contributed by atoms with Crippen LogP contribution in [0.2, 0.25) is 0 Å². The summed E-state index contributed by atoms with van der Waals surface area (Å²) in [5.41, 5.74) is 2.77. The number of aliphatic carboxylic acids is 1. The Hall–Kier alpha value is -3.62. The van der Waals surface area contributed by atoms with Gasteiger partial charge in [-0.05, 0) is 30.9 Å². The number of nitrogens with one attached hydrogen (secondary N) is 2. The largest absolute Gasteiger partial charge is 0.548 e. The third-order valence-electron chi connectivity index (χ3n) is 5.36. The quantitative estimate of drug-likeness (QED) is 0.543. The van der Waals surface area contributed by atoms with E-state index in [2.05, 4.69) is 31.4 Å². The molecule has 0 fully saturated rings. The summed E-state index contributed by atoms with van der Waals surface area (Å²) in [6, 6.07) is 1.91. The lowest BCUT2D eigenvalue weighted by atomic mass is 9.86. The first kappa shape index (κ1) is 23.1.